The van der Waals surface area contributed by atoms with Crippen LogP contribution >= 0.6 is 0 Å². The molecule has 3 aromatic carbocycles. The van der Waals surface area contributed by atoms with E-state index >= 15 is 0 Å². The maximum atomic E-state index is 14.3. The van der Waals surface area contributed by atoms with Crippen LogP contribution in [0.1, 0.15) is 88.1 Å². The van der Waals surface area contributed by atoms with Gasteiger partial charge in [-0.1, -0.05) is 93.9 Å². The molecule has 2 aliphatic heterocycles. The summed E-state index contributed by atoms with van der Waals surface area (Å²) in [5.74, 6) is -2.11. The third kappa shape index (κ3) is 8.69. The number of aliphatic carboxylic acids is 1. The SMILES string of the molecule is Cc1cc(/C=C(/CC[C@H]2OC[C@H]3C2=C(CO[Si](c2ccccc2)(c2ccccc2)C(C)(C)C)C[C@H]2C(=O)N(CCCCCC(=O)O)C(=O)[C@H]23)c2ccccn2)cc(C)c1O. The standard InChI is InChI=1S/C50H58N2O7Si/c1-33-27-35(28-34(2)47(33)55)29-36(42-21-14-15-25-51-42)23-24-43-45-37(31-59-60(50(3,4)5,38-17-9-6-10-18-38)39-19-11-7-12-20-39)30-40-46(41(45)32-58-43)49(57)52(48(40)56)26-16-8-13-22-44(53)54/h6-7,9-12,14-15,17-21,25,27-29,40-41,43,46,55H,8,13,16,22-24,26,30-32H2,1-5H3,(H,53,54)/b36-29-/t40-,41+,43-,46-/m1/s1. The maximum absolute atomic E-state index is 14.3. The van der Waals surface area contributed by atoms with E-state index in [1.54, 1.807) is 6.20 Å². The summed E-state index contributed by atoms with van der Waals surface area (Å²) in [6.07, 6.45) is 7.12. The van der Waals surface area contributed by atoms with Gasteiger partial charge >= 0.3 is 5.97 Å². The van der Waals surface area contributed by atoms with Gasteiger partial charge in [0.1, 0.15) is 5.75 Å². The minimum Gasteiger partial charge on any atom is -0.507 e. The van der Waals surface area contributed by atoms with Crippen LogP contribution in [0.5, 0.6) is 5.75 Å². The first-order valence-corrected chi connectivity index (χ1v) is 23.3. The molecule has 0 unspecified atom stereocenters. The molecule has 0 bridgehead atoms. The summed E-state index contributed by atoms with van der Waals surface area (Å²) >= 11 is 0. The van der Waals surface area contributed by atoms with Crippen LogP contribution in [0.3, 0.4) is 0 Å². The van der Waals surface area contributed by atoms with E-state index in [-0.39, 0.29) is 35.3 Å². The number of rotatable bonds is 16. The zero-order chi connectivity index (χ0) is 42.6. The zero-order valence-electron chi connectivity index (χ0n) is 35.5. The summed E-state index contributed by atoms with van der Waals surface area (Å²) in [6, 6.07) is 31.0. The molecular formula is C50H58N2O7Si. The summed E-state index contributed by atoms with van der Waals surface area (Å²) in [5.41, 5.74) is 6.63. The minimum absolute atomic E-state index is 0.0708. The van der Waals surface area contributed by atoms with Crippen molar-refractivity contribution in [2.45, 2.75) is 90.7 Å². The Labute approximate surface area is 355 Å². The lowest BCUT2D eigenvalue weighted by atomic mass is 9.69. The second kappa shape index (κ2) is 18.2. The molecule has 9 nitrogen and oxygen atoms in total. The van der Waals surface area contributed by atoms with Gasteiger partial charge in [0.05, 0.1) is 36.8 Å². The monoisotopic (exact) mass is 826 g/mol. The summed E-state index contributed by atoms with van der Waals surface area (Å²) in [7, 11) is -2.96. The molecule has 3 aliphatic rings. The number of carbonyl (C=O) groups is 3. The Hall–Kier alpha value is -5.16. The van der Waals surface area contributed by atoms with E-state index < -0.39 is 26.1 Å². The fourth-order valence-corrected chi connectivity index (χ4v) is 14.5. The number of carboxylic acids is 1. The first-order valence-electron chi connectivity index (χ1n) is 21.4. The van der Waals surface area contributed by atoms with E-state index in [0.29, 0.717) is 64.0 Å². The second-order valence-electron chi connectivity index (χ2n) is 17.7. The number of aromatic hydroxyl groups is 1. The fraction of sp³-hybridized carbons (Fsp3) is 0.400. The van der Waals surface area contributed by atoms with Gasteiger partial charge in [0, 0.05) is 25.1 Å². The number of carbonyl (C=O) groups excluding carboxylic acids is 2. The number of likely N-dealkylation sites (tertiary alicyclic amines) is 1. The number of unbranched alkanes of at least 4 members (excludes halogenated alkanes) is 2. The number of imide groups is 1. The van der Waals surface area contributed by atoms with E-state index in [9.17, 15) is 19.5 Å². The van der Waals surface area contributed by atoms with Crippen molar-refractivity contribution in [1.82, 2.24) is 9.88 Å². The first-order chi connectivity index (χ1) is 28.8. The topological polar surface area (TPSA) is 126 Å². The van der Waals surface area contributed by atoms with E-state index in [2.05, 4.69) is 75.4 Å². The number of carboxylic acid groups (broad SMARTS) is 1. The lowest BCUT2D eigenvalue weighted by molar-refractivity contribution is -0.141. The number of hydrogen-bond donors (Lipinski definition) is 2. The molecule has 0 radical (unpaired) electrons. The van der Waals surface area contributed by atoms with Gasteiger partial charge in [-0.2, -0.15) is 0 Å². The summed E-state index contributed by atoms with van der Waals surface area (Å²) in [6.45, 7) is 11.5. The molecule has 4 aromatic rings. The van der Waals surface area contributed by atoms with E-state index in [1.807, 2.05) is 56.3 Å². The predicted octanol–water partition coefficient (Wildman–Crippen LogP) is 8.26. The molecule has 7 rings (SSSR count). The summed E-state index contributed by atoms with van der Waals surface area (Å²) in [4.78, 5) is 45.8. The summed E-state index contributed by atoms with van der Waals surface area (Å²) in [5, 5.41) is 21.7. The van der Waals surface area contributed by atoms with E-state index in [0.717, 1.165) is 39.1 Å². The van der Waals surface area contributed by atoms with Crippen molar-refractivity contribution in [3.63, 3.8) is 0 Å². The zero-order valence-corrected chi connectivity index (χ0v) is 36.5. The van der Waals surface area contributed by atoms with Gasteiger partial charge in [0.15, 0.2) is 0 Å². The van der Waals surface area contributed by atoms with Crippen LogP contribution in [0.15, 0.2) is 108 Å². The van der Waals surface area contributed by atoms with Crippen LogP contribution in [0.25, 0.3) is 11.6 Å². The summed E-state index contributed by atoms with van der Waals surface area (Å²) < 4.78 is 14.3. The van der Waals surface area contributed by atoms with Gasteiger partial charge in [0.25, 0.3) is 8.32 Å². The molecule has 2 amide bonds. The highest BCUT2D eigenvalue weighted by Crippen LogP contribution is 2.51. The van der Waals surface area contributed by atoms with E-state index in [1.165, 1.54) is 15.3 Å². The molecule has 314 valence electrons. The number of ether oxygens (including phenoxy) is 1. The number of hydrogen-bond acceptors (Lipinski definition) is 7. The quantitative estimate of drug-likeness (QED) is 0.0501. The number of allylic oxidation sites excluding steroid dienone is 1. The average molecular weight is 827 g/mol. The average Bonchev–Trinajstić information content (AvgIpc) is 3.76. The van der Waals surface area contributed by atoms with Crippen molar-refractivity contribution < 1.29 is 33.8 Å². The number of phenolic OH excluding ortho intramolecular Hbond substituents is 1. The minimum atomic E-state index is -2.96. The number of aryl methyl sites for hydroxylation is 2. The van der Waals surface area contributed by atoms with Gasteiger partial charge in [-0.25, -0.2) is 0 Å². The van der Waals surface area contributed by atoms with Crippen molar-refractivity contribution >= 4 is 48.1 Å². The molecule has 2 fully saturated rings. The number of benzene rings is 3. The number of amides is 2. The lowest BCUT2D eigenvalue weighted by Crippen LogP contribution is -2.66. The van der Waals surface area contributed by atoms with Gasteiger partial charge < -0.3 is 19.4 Å². The Balaban J connectivity index is 1.25. The maximum Gasteiger partial charge on any atom is 0.303 e. The highest BCUT2D eigenvalue weighted by molar-refractivity contribution is 6.99. The number of pyridine rings is 1. The van der Waals surface area contributed by atoms with Gasteiger partial charge in [0.2, 0.25) is 11.8 Å². The van der Waals surface area contributed by atoms with Crippen molar-refractivity contribution in [3.05, 3.63) is 131 Å². The molecule has 0 spiro atoms. The number of fused-ring (bicyclic) bond motifs is 3. The Kier molecular flexibility index (Phi) is 13.0. The molecule has 4 atom stereocenters. The van der Waals surface area contributed by atoms with Crippen LogP contribution in [-0.2, 0) is 23.5 Å². The van der Waals surface area contributed by atoms with Crippen molar-refractivity contribution in [1.29, 1.82) is 0 Å². The first kappa shape index (κ1) is 42.9. The molecule has 1 aliphatic carbocycles. The fourth-order valence-electron chi connectivity index (χ4n) is 9.96. The molecule has 3 heterocycles. The molecule has 2 saturated heterocycles. The van der Waals surface area contributed by atoms with Gasteiger partial charge in [-0.3, -0.25) is 24.3 Å². The Morgan fingerprint density at radius 2 is 1.53 bits per heavy atom. The predicted molar refractivity (Wildman–Crippen MR) is 237 cm³/mol. The molecule has 1 aromatic heterocycles. The normalized spacial score (nSPS) is 20.8. The third-order valence-corrected chi connectivity index (χ3v) is 17.8. The molecular weight excluding hydrogens is 769 g/mol. The van der Waals surface area contributed by atoms with Crippen LogP contribution < -0.4 is 10.4 Å². The molecule has 10 heteroatoms. The number of nitrogens with zero attached hydrogens (tertiary/aromatic N) is 2. The largest absolute Gasteiger partial charge is 0.507 e. The number of aromatic nitrogens is 1. The third-order valence-electron chi connectivity index (χ3n) is 12.8. The Morgan fingerprint density at radius 1 is 0.883 bits per heavy atom. The highest BCUT2D eigenvalue weighted by atomic mass is 28.4. The second-order valence-corrected chi connectivity index (χ2v) is 22.0. The van der Waals surface area contributed by atoms with Crippen LogP contribution in [0.4, 0.5) is 0 Å². The van der Waals surface area contributed by atoms with Crippen LogP contribution in [0, 0.1) is 31.6 Å². The molecule has 60 heavy (non-hydrogen) atoms. The van der Waals surface area contributed by atoms with Gasteiger partial charge in [-0.15, -0.1) is 0 Å². The van der Waals surface area contributed by atoms with Gasteiger partial charge in [-0.05, 0) is 125 Å². The van der Waals surface area contributed by atoms with Crippen LogP contribution in [-0.4, -0.2) is 72.1 Å². The molecule has 2 N–H and O–H groups in total. The smallest absolute Gasteiger partial charge is 0.303 e. The van der Waals surface area contributed by atoms with Crippen molar-refractivity contribution in [3.8, 4) is 5.75 Å². The Bertz CT molecular complexity index is 2190. The van der Waals surface area contributed by atoms with E-state index in [4.69, 9.17) is 19.3 Å². The number of phenols is 1. The van der Waals surface area contributed by atoms with Crippen LogP contribution in [0.2, 0.25) is 5.04 Å². The Morgan fingerprint density at radius 3 is 2.13 bits per heavy atom. The molecule has 0 saturated carbocycles. The van der Waals surface area contributed by atoms with Crippen molar-refractivity contribution in [2.75, 3.05) is 19.8 Å². The highest BCUT2D eigenvalue weighted by Gasteiger charge is 2.57. The van der Waals surface area contributed by atoms with Crippen molar-refractivity contribution in [2.24, 2.45) is 17.8 Å². The lowest BCUT2D eigenvalue weighted by Gasteiger charge is -2.44.